The molecule has 0 radical (unpaired) electrons. The van der Waals surface area contributed by atoms with Crippen molar-refractivity contribution in [3.63, 3.8) is 0 Å². The highest BCUT2D eigenvalue weighted by Gasteiger charge is 2.13. The van der Waals surface area contributed by atoms with Gasteiger partial charge in [-0.15, -0.1) is 0 Å². The van der Waals surface area contributed by atoms with Crippen molar-refractivity contribution in [1.29, 1.82) is 0 Å². The number of aryl methyl sites for hydroxylation is 2. The molecule has 0 N–H and O–H groups in total. The highest BCUT2D eigenvalue weighted by molar-refractivity contribution is 6.35. The summed E-state index contributed by atoms with van der Waals surface area (Å²) in [5.74, 6) is 0.680. The molecule has 1 aromatic carbocycles. The molecule has 21 heavy (non-hydrogen) atoms. The third-order valence-electron chi connectivity index (χ3n) is 3.84. The van der Waals surface area contributed by atoms with Crippen molar-refractivity contribution in [2.75, 3.05) is 6.61 Å². The maximum atomic E-state index is 6.09. The fourth-order valence-corrected chi connectivity index (χ4v) is 3.17. The molecule has 3 rings (SSSR count). The van der Waals surface area contributed by atoms with Crippen LogP contribution in [0.15, 0.2) is 36.7 Å². The first-order valence-electron chi connectivity index (χ1n) is 7.31. The van der Waals surface area contributed by atoms with Gasteiger partial charge in [-0.3, -0.25) is 0 Å². The molecule has 0 atom stereocenters. The molecule has 0 saturated carbocycles. The van der Waals surface area contributed by atoms with Crippen molar-refractivity contribution in [2.45, 2.75) is 32.2 Å². The van der Waals surface area contributed by atoms with E-state index in [1.807, 2.05) is 6.07 Å². The normalized spacial score (nSPS) is 13.8. The molecule has 2 nitrogen and oxygen atoms in total. The Balaban J connectivity index is 1.60. The highest BCUT2D eigenvalue weighted by Crippen LogP contribution is 2.27. The number of rotatable bonds is 4. The number of hydrogen-bond donors (Lipinski definition) is 0. The zero-order valence-electron chi connectivity index (χ0n) is 11.8. The summed E-state index contributed by atoms with van der Waals surface area (Å²) in [5, 5.41) is 1.18. The summed E-state index contributed by atoms with van der Waals surface area (Å²) in [7, 11) is 0. The first kappa shape index (κ1) is 14.7. The van der Waals surface area contributed by atoms with Crippen molar-refractivity contribution in [2.24, 2.45) is 0 Å². The van der Waals surface area contributed by atoms with E-state index < -0.39 is 0 Å². The van der Waals surface area contributed by atoms with Crippen LogP contribution in [0.2, 0.25) is 10.0 Å². The number of benzene rings is 1. The van der Waals surface area contributed by atoms with Crippen LogP contribution in [-0.2, 0) is 19.4 Å². The summed E-state index contributed by atoms with van der Waals surface area (Å²) >= 11 is 12.0. The van der Waals surface area contributed by atoms with E-state index in [0.29, 0.717) is 22.4 Å². The van der Waals surface area contributed by atoms with Gasteiger partial charge in [0.1, 0.15) is 12.4 Å². The number of ether oxygens (including phenoxy) is 1. The molecule has 1 aliphatic carbocycles. The number of halogens is 2. The van der Waals surface area contributed by atoms with Gasteiger partial charge in [0.05, 0.1) is 5.02 Å². The van der Waals surface area contributed by atoms with Gasteiger partial charge in [-0.25, -0.2) is 4.57 Å². The lowest BCUT2D eigenvalue weighted by molar-refractivity contribution is -0.698. The van der Waals surface area contributed by atoms with Crippen LogP contribution in [-0.4, -0.2) is 6.61 Å². The van der Waals surface area contributed by atoms with E-state index >= 15 is 0 Å². The number of pyridine rings is 1. The van der Waals surface area contributed by atoms with Gasteiger partial charge < -0.3 is 4.74 Å². The highest BCUT2D eigenvalue weighted by atomic mass is 35.5. The van der Waals surface area contributed by atoms with Gasteiger partial charge in [-0.2, -0.15) is 0 Å². The maximum Gasteiger partial charge on any atom is 0.182 e. The number of nitrogens with zero attached hydrogens (tertiary/aromatic N) is 1. The van der Waals surface area contributed by atoms with Crippen LogP contribution in [0.5, 0.6) is 5.75 Å². The first-order valence-corrected chi connectivity index (χ1v) is 8.07. The SMILES string of the molecule is Clc1ccc(OCC[n+]2ccc3c(c2)CCCC3)c(Cl)c1. The van der Waals surface area contributed by atoms with E-state index in [1.54, 1.807) is 12.1 Å². The molecular formula is C17H18Cl2NO+. The lowest BCUT2D eigenvalue weighted by atomic mass is 9.93. The zero-order chi connectivity index (χ0) is 14.7. The van der Waals surface area contributed by atoms with Gasteiger partial charge >= 0.3 is 0 Å². The molecule has 0 amide bonds. The molecule has 0 bridgehead atoms. The zero-order valence-corrected chi connectivity index (χ0v) is 13.3. The van der Waals surface area contributed by atoms with Crippen LogP contribution in [0.25, 0.3) is 0 Å². The van der Waals surface area contributed by atoms with E-state index in [0.717, 1.165) is 6.54 Å². The molecule has 0 spiro atoms. The third kappa shape index (κ3) is 3.69. The summed E-state index contributed by atoms with van der Waals surface area (Å²) in [6.45, 7) is 1.40. The predicted molar refractivity (Wildman–Crippen MR) is 85.2 cm³/mol. The molecule has 1 aromatic heterocycles. The van der Waals surface area contributed by atoms with Crippen LogP contribution < -0.4 is 9.30 Å². The quantitative estimate of drug-likeness (QED) is 0.767. The summed E-state index contributed by atoms with van der Waals surface area (Å²) in [4.78, 5) is 0. The van der Waals surface area contributed by atoms with Crippen LogP contribution in [0.3, 0.4) is 0 Å². The second-order valence-electron chi connectivity index (χ2n) is 5.36. The fourth-order valence-electron chi connectivity index (χ4n) is 2.71. The van der Waals surface area contributed by atoms with E-state index in [1.165, 1.54) is 36.8 Å². The van der Waals surface area contributed by atoms with Gasteiger partial charge in [0.15, 0.2) is 18.9 Å². The standard InChI is InChI=1S/C17H18Cl2NO/c18-15-5-6-17(16(19)11-15)21-10-9-20-8-7-13-3-1-2-4-14(13)12-20/h5-8,11-12H,1-4,9-10H2/q+1. The van der Waals surface area contributed by atoms with E-state index in [9.17, 15) is 0 Å². The Kier molecular flexibility index (Phi) is 4.67. The molecule has 1 aliphatic rings. The summed E-state index contributed by atoms with van der Waals surface area (Å²) < 4.78 is 7.92. The Morgan fingerprint density at radius 2 is 1.86 bits per heavy atom. The van der Waals surface area contributed by atoms with Crippen LogP contribution >= 0.6 is 23.2 Å². The summed E-state index contributed by atoms with van der Waals surface area (Å²) in [5.41, 5.74) is 2.98. The second-order valence-corrected chi connectivity index (χ2v) is 6.21. The van der Waals surface area contributed by atoms with Gasteiger partial charge in [-0.05, 0) is 49.4 Å². The predicted octanol–water partition coefficient (Wildman–Crippen LogP) is 4.24. The Morgan fingerprint density at radius 1 is 1.05 bits per heavy atom. The lowest BCUT2D eigenvalue weighted by Crippen LogP contribution is -2.37. The minimum absolute atomic E-state index is 0.554. The second kappa shape index (κ2) is 6.67. The molecular weight excluding hydrogens is 305 g/mol. The van der Waals surface area contributed by atoms with Crippen molar-refractivity contribution < 1.29 is 9.30 Å². The maximum absolute atomic E-state index is 6.09. The Hall–Kier alpha value is -1.25. The van der Waals surface area contributed by atoms with Crippen LogP contribution in [0.1, 0.15) is 24.0 Å². The van der Waals surface area contributed by atoms with Crippen molar-refractivity contribution in [3.8, 4) is 5.75 Å². The average molecular weight is 323 g/mol. The largest absolute Gasteiger partial charge is 0.485 e. The van der Waals surface area contributed by atoms with Crippen LogP contribution in [0, 0.1) is 0 Å². The van der Waals surface area contributed by atoms with Crippen molar-refractivity contribution >= 4 is 23.2 Å². The smallest absolute Gasteiger partial charge is 0.182 e. The van der Waals surface area contributed by atoms with Gasteiger partial charge in [0.25, 0.3) is 0 Å². The fraction of sp³-hybridized carbons (Fsp3) is 0.353. The Morgan fingerprint density at radius 3 is 2.67 bits per heavy atom. The number of fused-ring (bicyclic) bond motifs is 1. The third-order valence-corrected chi connectivity index (χ3v) is 4.37. The molecule has 0 aliphatic heterocycles. The lowest BCUT2D eigenvalue weighted by Gasteiger charge is -2.13. The average Bonchev–Trinajstić information content (AvgIpc) is 2.49. The minimum atomic E-state index is 0.554. The monoisotopic (exact) mass is 322 g/mol. The van der Waals surface area contributed by atoms with Gasteiger partial charge in [0.2, 0.25) is 0 Å². The first-order chi connectivity index (χ1) is 10.2. The van der Waals surface area contributed by atoms with Gasteiger partial charge in [0, 0.05) is 16.7 Å². The molecule has 0 fully saturated rings. The minimum Gasteiger partial charge on any atom is -0.485 e. The summed E-state index contributed by atoms with van der Waals surface area (Å²) in [6, 6.07) is 7.53. The van der Waals surface area contributed by atoms with Crippen molar-refractivity contribution in [1.82, 2.24) is 0 Å². The molecule has 0 saturated heterocycles. The van der Waals surface area contributed by atoms with Gasteiger partial charge in [-0.1, -0.05) is 23.2 Å². The van der Waals surface area contributed by atoms with E-state index in [4.69, 9.17) is 27.9 Å². The van der Waals surface area contributed by atoms with E-state index in [2.05, 4.69) is 23.0 Å². The summed E-state index contributed by atoms with van der Waals surface area (Å²) in [6.07, 6.45) is 9.41. The topological polar surface area (TPSA) is 13.1 Å². The molecule has 2 aromatic rings. The Bertz CT molecular complexity index is 643. The van der Waals surface area contributed by atoms with E-state index in [-0.39, 0.29) is 0 Å². The van der Waals surface area contributed by atoms with Crippen LogP contribution in [0.4, 0.5) is 0 Å². The Labute approximate surface area is 135 Å². The number of aromatic nitrogens is 1. The molecule has 0 unspecified atom stereocenters. The molecule has 1 heterocycles. The number of hydrogen-bond acceptors (Lipinski definition) is 1. The molecule has 4 heteroatoms. The van der Waals surface area contributed by atoms with Crippen molar-refractivity contribution in [3.05, 3.63) is 57.8 Å². The molecule has 110 valence electrons.